The summed E-state index contributed by atoms with van der Waals surface area (Å²) in [5.41, 5.74) is 0. The molecule has 0 spiro atoms. The molecule has 98 valence electrons. The quantitative estimate of drug-likeness (QED) is 0.853. The van der Waals surface area contributed by atoms with Gasteiger partial charge in [-0.25, -0.2) is 0 Å². The van der Waals surface area contributed by atoms with Gasteiger partial charge in [-0.3, -0.25) is 9.59 Å². The molecule has 0 atom stereocenters. The van der Waals surface area contributed by atoms with Crippen molar-refractivity contribution >= 4 is 39.0 Å². The van der Waals surface area contributed by atoms with E-state index in [0.717, 1.165) is 17.3 Å². The van der Waals surface area contributed by atoms with E-state index in [1.807, 2.05) is 18.5 Å². The van der Waals surface area contributed by atoms with E-state index in [0.29, 0.717) is 25.2 Å². The second-order valence-electron chi connectivity index (χ2n) is 4.74. The molecule has 0 bridgehead atoms. The second kappa shape index (κ2) is 5.97. The van der Waals surface area contributed by atoms with Crippen molar-refractivity contribution < 1.29 is 9.59 Å². The van der Waals surface area contributed by atoms with Crippen molar-refractivity contribution in [2.45, 2.75) is 32.2 Å². The maximum Gasteiger partial charge on any atom is 0.225 e. The number of nitrogens with zero attached hydrogens (tertiary/aromatic N) is 1. The smallest absolute Gasteiger partial charge is 0.225 e. The molecular formula is C13H16BrNO2S. The molecule has 1 heterocycles. The predicted molar refractivity (Wildman–Crippen MR) is 75.5 cm³/mol. The molecule has 1 aliphatic carbocycles. The number of ketones is 1. The number of rotatable bonds is 3. The Balaban J connectivity index is 1.90. The molecule has 3 nitrogen and oxygen atoms in total. The average molecular weight is 330 g/mol. The van der Waals surface area contributed by atoms with E-state index in [4.69, 9.17) is 0 Å². The first-order valence-electron chi connectivity index (χ1n) is 6.06. The fraction of sp³-hybridized carbons (Fsp3) is 0.538. The summed E-state index contributed by atoms with van der Waals surface area (Å²) in [6.45, 7) is 0.652. The van der Waals surface area contributed by atoms with Crippen LogP contribution >= 0.6 is 27.3 Å². The van der Waals surface area contributed by atoms with Crippen LogP contribution in [0.4, 0.5) is 0 Å². The SMILES string of the molecule is CN(Cc1cc(Br)cs1)C(=O)C1CCC(=O)CC1. The van der Waals surface area contributed by atoms with Gasteiger partial charge in [-0.15, -0.1) is 11.3 Å². The van der Waals surface area contributed by atoms with Crippen LogP contribution in [0.2, 0.25) is 0 Å². The Morgan fingerprint density at radius 2 is 2.17 bits per heavy atom. The fourth-order valence-corrected chi connectivity index (χ4v) is 3.75. The lowest BCUT2D eigenvalue weighted by atomic mass is 9.87. The van der Waals surface area contributed by atoms with Gasteiger partial charge < -0.3 is 4.90 Å². The van der Waals surface area contributed by atoms with Crippen LogP contribution in [0.25, 0.3) is 0 Å². The lowest BCUT2D eigenvalue weighted by Crippen LogP contribution is -2.34. The largest absolute Gasteiger partial charge is 0.340 e. The molecule has 0 saturated heterocycles. The fourth-order valence-electron chi connectivity index (χ4n) is 2.25. The van der Waals surface area contributed by atoms with E-state index in [9.17, 15) is 9.59 Å². The van der Waals surface area contributed by atoms with Crippen molar-refractivity contribution in [3.05, 3.63) is 20.8 Å². The van der Waals surface area contributed by atoms with E-state index < -0.39 is 0 Å². The second-order valence-corrected chi connectivity index (χ2v) is 6.65. The highest BCUT2D eigenvalue weighted by atomic mass is 79.9. The number of hydrogen-bond acceptors (Lipinski definition) is 3. The van der Waals surface area contributed by atoms with Crippen LogP contribution in [0.5, 0.6) is 0 Å². The van der Waals surface area contributed by atoms with Crippen LogP contribution in [-0.2, 0) is 16.1 Å². The van der Waals surface area contributed by atoms with Crippen molar-refractivity contribution in [2.75, 3.05) is 7.05 Å². The van der Waals surface area contributed by atoms with E-state index >= 15 is 0 Å². The summed E-state index contributed by atoms with van der Waals surface area (Å²) >= 11 is 5.06. The summed E-state index contributed by atoms with van der Waals surface area (Å²) in [5.74, 6) is 0.506. The van der Waals surface area contributed by atoms with Gasteiger partial charge in [0.25, 0.3) is 0 Å². The third-order valence-electron chi connectivity index (χ3n) is 3.28. The lowest BCUT2D eigenvalue weighted by molar-refractivity contribution is -0.136. The van der Waals surface area contributed by atoms with Gasteiger partial charge in [0, 0.05) is 40.5 Å². The minimum Gasteiger partial charge on any atom is -0.340 e. The summed E-state index contributed by atoms with van der Waals surface area (Å²) in [4.78, 5) is 26.3. The molecule has 0 radical (unpaired) electrons. The summed E-state index contributed by atoms with van der Waals surface area (Å²) in [6.07, 6.45) is 2.57. The highest BCUT2D eigenvalue weighted by molar-refractivity contribution is 9.10. The number of hydrogen-bond donors (Lipinski definition) is 0. The zero-order valence-electron chi connectivity index (χ0n) is 10.3. The molecule has 0 unspecified atom stereocenters. The van der Waals surface area contributed by atoms with Crippen LogP contribution in [0.1, 0.15) is 30.6 Å². The Hall–Kier alpha value is -0.680. The predicted octanol–water partition coefficient (Wildman–Crippen LogP) is 3.23. The van der Waals surface area contributed by atoms with Gasteiger partial charge >= 0.3 is 0 Å². The molecule has 1 aromatic rings. The van der Waals surface area contributed by atoms with Crippen molar-refractivity contribution in [2.24, 2.45) is 5.92 Å². The van der Waals surface area contributed by atoms with Gasteiger partial charge in [-0.1, -0.05) is 0 Å². The Morgan fingerprint density at radius 3 is 2.72 bits per heavy atom. The van der Waals surface area contributed by atoms with E-state index in [1.165, 1.54) is 4.88 Å². The standard InChI is InChI=1S/C13H16BrNO2S/c1-15(7-12-6-10(14)8-18-12)13(17)9-2-4-11(16)5-3-9/h6,8-9H,2-5,7H2,1H3. The van der Waals surface area contributed by atoms with E-state index in [1.54, 1.807) is 16.2 Å². The molecule has 0 aromatic carbocycles. The Morgan fingerprint density at radius 1 is 1.50 bits per heavy atom. The molecule has 1 aromatic heterocycles. The monoisotopic (exact) mass is 329 g/mol. The molecule has 1 amide bonds. The van der Waals surface area contributed by atoms with Gasteiger partial charge in [0.1, 0.15) is 5.78 Å². The van der Waals surface area contributed by atoms with Crippen LogP contribution in [0.3, 0.4) is 0 Å². The number of halogens is 1. The number of carbonyl (C=O) groups is 2. The topological polar surface area (TPSA) is 37.4 Å². The third-order valence-corrected chi connectivity index (χ3v) is 4.97. The van der Waals surface area contributed by atoms with Gasteiger partial charge in [-0.2, -0.15) is 0 Å². The van der Waals surface area contributed by atoms with Gasteiger partial charge in [0.2, 0.25) is 5.91 Å². The zero-order chi connectivity index (χ0) is 13.1. The maximum absolute atomic E-state index is 12.2. The van der Waals surface area contributed by atoms with Crippen molar-refractivity contribution in [1.29, 1.82) is 0 Å². The Kier molecular flexibility index (Phi) is 4.56. The van der Waals surface area contributed by atoms with Gasteiger partial charge in [-0.05, 0) is 34.8 Å². The van der Waals surface area contributed by atoms with Crippen molar-refractivity contribution in [3.63, 3.8) is 0 Å². The van der Waals surface area contributed by atoms with Crippen LogP contribution in [-0.4, -0.2) is 23.6 Å². The molecule has 2 rings (SSSR count). The summed E-state index contributed by atoms with van der Waals surface area (Å²) in [5, 5.41) is 2.02. The zero-order valence-corrected chi connectivity index (χ0v) is 12.7. The molecule has 0 N–H and O–H groups in total. The molecule has 1 fully saturated rings. The highest BCUT2D eigenvalue weighted by Crippen LogP contribution is 2.25. The van der Waals surface area contributed by atoms with E-state index in [-0.39, 0.29) is 11.8 Å². The summed E-state index contributed by atoms with van der Waals surface area (Å²) in [7, 11) is 1.84. The van der Waals surface area contributed by atoms with E-state index in [2.05, 4.69) is 15.9 Å². The van der Waals surface area contributed by atoms with Crippen LogP contribution in [0.15, 0.2) is 15.9 Å². The minimum absolute atomic E-state index is 0.0381. The third kappa shape index (κ3) is 3.42. The molecule has 1 aliphatic rings. The van der Waals surface area contributed by atoms with Crippen molar-refractivity contribution in [1.82, 2.24) is 4.90 Å². The molecule has 1 saturated carbocycles. The minimum atomic E-state index is 0.0381. The summed E-state index contributed by atoms with van der Waals surface area (Å²) < 4.78 is 1.06. The Labute approximate surface area is 119 Å². The highest BCUT2D eigenvalue weighted by Gasteiger charge is 2.27. The Bertz CT molecular complexity index is 448. The first-order chi connectivity index (χ1) is 8.56. The first-order valence-corrected chi connectivity index (χ1v) is 7.73. The average Bonchev–Trinajstić information content (AvgIpc) is 2.75. The molecule has 5 heteroatoms. The summed E-state index contributed by atoms with van der Waals surface area (Å²) in [6, 6.07) is 2.04. The molecule has 0 aliphatic heterocycles. The number of carbonyl (C=O) groups excluding carboxylic acids is 2. The first kappa shape index (κ1) is 13.7. The molecular weight excluding hydrogens is 314 g/mol. The normalized spacial score (nSPS) is 16.9. The number of Topliss-reactive ketones (excluding diaryl/α,β-unsaturated/α-hetero) is 1. The van der Waals surface area contributed by atoms with Gasteiger partial charge in [0.05, 0.1) is 6.54 Å². The molecule has 18 heavy (non-hydrogen) atoms. The van der Waals surface area contributed by atoms with Crippen molar-refractivity contribution in [3.8, 4) is 0 Å². The van der Waals surface area contributed by atoms with Crippen LogP contribution < -0.4 is 0 Å². The lowest BCUT2D eigenvalue weighted by Gasteiger charge is -2.25. The maximum atomic E-state index is 12.2. The van der Waals surface area contributed by atoms with Gasteiger partial charge in [0.15, 0.2) is 0 Å². The number of thiophene rings is 1. The van der Waals surface area contributed by atoms with Crippen LogP contribution in [0, 0.1) is 5.92 Å². The number of amides is 1.